The van der Waals surface area contributed by atoms with E-state index in [0.29, 0.717) is 19.8 Å². The molecule has 0 aromatic carbocycles. The van der Waals surface area contributed by atoms with Crippen molar-refractivity contribution in [3.8, 4) is 0 Å². The summed E-state index contributed by atoms with van der Waals surface area (Å²) in [4.78, 5) is 15.3. The van der Waals surface area contributed by atoms with Crippen LogP contribution in [0.3, 0.4) is 0 Å². The van der Waals surface area contributed by atoms with Crippen LogP contribution >= 0.6 is 11.3 Å². The molecule has 102 valence electrons. The third-order valence-electron chi connectivity index (χ3n) is 2.31. The van der Waals surface area contributed by atoms with E-state index in [9.17, 15) is 4.79 Å². The highest BCUT2D eigenvalue weighted by Gasteiger charge is 2.21. The maximum absolute atomic E-state index is 11.0. The Hall–Kier alpha value is -0.980. The highest BCUT2D eigenvalue weighted by atomic mass is 32.1. The van der Waals surface area contributed by atoms with Crippen LogP contribution in [0.1, 0.15) is 25.8 Å². The topological polar surface area (TPSA) is 60.5 Å². The first-order valence-electron chi connectivity index (χ1n) is 5.94. The zero-order valence-electron chi connectivity index (χ0n) is 11.1. The molecule has 0 unspecified atom stereocenters. The summed E-state index contributed by atoms with van der Waals surface area (Å²) in [6.45, 7) is 7.43. The number of hydrogen-bond donors (Lipinski definition) is 1. The van der Waals surface area contributed by atoms with Crippen molar-refractivity contribution in [3.05, 3.63) is 16.6 Å². The lowest BCUT2D eigenvalue weighted by Crippen LogP contribution is -2.38. The zero-order chi connectivity index (χ0) is 13.4. The summed E-state index contributed by atoms with van der Waals surface area (Å²) in [7, 11) is 0. The third-order valence-corrected chi connectivity index (χ3v) is 3.40. The van der Waals surface area contributed by atoms with Crippen LogP contribution < -0.4 is 5.32 Å². The van der Waals surface area contributed by atoms with E-state index in [0.717, 1.165) is 5.01 Å². The second-order valence-corrected chi connectivity index (χ2v) is 5.14. The van der Waals surface area contributed by atoms with Crippen LogP contribution in [0.5, 0.6) is 0 Å². The van der Waals surface area contributed by atoms with Gasteiger partial charge < -0.3 is 14.8 Å². The predicted octanol–water partition coefficient (Wildman–Crippen LogP) is 1.55. The Labute approximate surface area is 112 Å². The number of nitrogens with zero attached hydrogens (tertiary/aromatic N) is 1. The Kier molecular flexibility index (Phi) is 6.24. The molecule has 0 radical (unpaired) electrons. The largest absolute Gasteiger partial charge is 0.464 e. The van der Waals surface area contributed by atoms with E-state index in [1.807, 2.05) is 5.38 Å². The molecule has 0 aliphatic carbocycles. The van der Waals surface area contributed by atoms with Gasteiger partial charge in [-0.05, 0) is 20.8 Å². The van der Waals surface area contributed by atoms with Gasteiger partial charge in [-0.1, -0.05) is 0 Å². The molecular formula is C12H20N2O3S. The predicted molar refractivity (Wildman–Crippen MR) is 70.6 cm³/mol. The van der Waals surface area contributed by atoms with Gasteiger partial charge in [0.2, 0.25) is 0 Å². The molecule has 0 saturated heterocycles. The second-order valence-electron chi connectivity index (χ2n) is 4.25. The molecular weight excluding hydrogens is 252 g/mol. The van der Waals surface area contributed by atoms with Gasteiger partial charge in [-0.25, -0.2) is 9.78 Å². The molecule has 0 fully saturated rings. The summed E-state index contributed by atoms with van der Waals surface area (Å²) in [6, 6.07) is 0. The average Bonchev–Trinajstić information content (AvgIpc) is 2.83. The summed E-state index contributed by atoms with van der Waals surface area (Å²) < 4.78 is 9.96. The van der Waals surface area contributed by atoms with Crippen molar-refractivity contribution in [3.63, 3.8) is 0 Å². The van der Waals surface area contributed by atoms with Crippen LogP contribution in [0.25, 0.3) is 0 Å². The highest BCUT2D eigenvalue weighted by Crippen LogP contribution is 2.21. The number of rotatable bonds is 8. The van der Waals surface area contributed by atoms with Crippen LogP contribution in [0.2, 0.25) is 0 Å². The number of ether oxygens (including phenoxy) is 2. The SMILES string of the molecule is CCOC(=O)COCCNC(C)(C)c1nccs1. The maximum atomic E-state index is 11.0. The molecule has 0 aliphatic heterocycles. The van der Waals surface area contributed by atoms with Crippen molar-refractivity contribution in [2.24, 2.45) is 0 Å². The number of esters is 1. The lowest BCUT2D eigenvalue weighted by molar-refractivity contribution is -0.148. The fourth-order valence-corrected chi connectivity index (χ4v) is 2.14. The van der Waals surface area contributed by atoms with Crippen molar-refractivity contribution >= 4 is 17.3 Å². The van der Waals surface area contributed by atoms with E-state index in [1.165, 1.54) is 0 Å². The second kappa shape index (κ2) is 7.45. The van der Waals surface area contributed by atoms with Crippen LogP contribution in [0.15, 0.2) is 11.6 Å². The van der Waals surface area contributed by atoms with Crippen LogP contribution in [0.4, 0.5) is 0 Å². The van der Waals surface area contributed by atoms with Gasteiger partial charge in [0.1, 0.15) is 11.6 Å². The molecule has 1 aromatic heterocycles. The van der Waals surface area contributed by atoms with Gasteiger partial charge in [0, 0.05) is 18.1 Å². The Bertz CT molecular complexity index is 352. The molecule has 18 heavy (non-hydrogen) atoms. The molecule has 6 heteroatoms. The first-order chi connectivity index (χ1) is 8.56. The van der Waals surface area contributed by atoms with Crippen LogP contribution in [0, 0.1) is 0 Å². The molecule has 1 aromatic rings. The van der Waals surface area contributed by atoms with Crippen molar-refractivity contribution in [1.82, 2.24) is 10.3 Å². The van der Waals surface area contributed by atoms with Gasteiger partial charge in [0.05, 0.1) is 18.8 Å². The molecule has 0 spiro atoms. The molecule has 0 aliphatic rings. The van der Waals surface area contributed by atoms with E-state index < -0.39 is 0 Å². The Balaban J connectivity index is 2.16. The van der Waals surface area contributed by atoms with Crippen molar-refractivity contribution in [2.45, 2.75) is 26.3 Å². The molecule has 0 saturated carbocycles. The van der Waals surface area contributed by atoms with Crippen molar-refractivity contribution < 1.29 is 14.3 Å². The minimum Gasteiger partial charge on any atom is -0.464 e. The smallest absolute Gasteiger partial charge is 0.332 e. The Morgan fingerprint density at radius 1 is 1.56 bits per heavy atom. The van der Waals surface area contributed by atoms with Gasteiger partial charge in [0.15, 0.2) is 0 Å². The van der Waals surface area contributed by atoms with Gasteiger partial charge in [-0.2, -0.15) is 0 Å². The number of nitrogens with one attached hydrogen (secondary N) is 1. The summed E-state index contributed by atoms with van der Waals surface area (Å²) >= 11 is 1.62. The van der Waals surface area contributed by atoms with E-state index in [1.54, 1.807) is 24.5 Å². The molecule has 1 heterocycles. The Morgan fingerprint density at radius 3 is 2.94 bits per heavy atom. The summed E-state index contributed by atoms with van der Waals surface area (Å²) in [5, 5.41) is 6.33. The first kappa shape index (κ1) is 15.1. The van der Waals surface area contributed by atoms with E-state index >= 15 is 0 Å². The quantitative estimate of drug-likeness (QED) is 0.574. The van der Waals surface area contributed by atoms with E-state index in [2.05, 4.69) is 24.1 Å². The van der Waals surface area contributed by atoms with Gasteiger partial charge in [-0.3, -0.25) is 0 Å². The molecule has 0 bridgehead atoms. The summed E-state index contributed by atoms with van der Waals surface area (Å²) in [5.74, 6) is -0.323. The number of carbonyl (C=O) groups is 1. The third kappa shape index (κ3) is 5.12. The van der Waals surface area contributed by atoms with E-state index in [4.69, 9.17) is 9.47 Å². The fraction of sp³-hybridized carbons (Fsp3) is 0.667. The lowest BCUT2D eigenvalue weighted by Gasteiger charge is -2.23. The normalized spacial score (nSPS) is 11.5. The molecule has 0 amide bonds. The number of carbonyl (C=O) groups excluding carboxylic acids is 1. The molecule has 1 rings (SSSR count). The first-order valence-corrected chi connectivity index (χ1v) is 6.82. The van der Waals surface area contributed by atoms with E-state index in [-0.39, 0.29) is 18.1 Å². The average molecular weight is 272 g/mol. The number of aromatic nitrogens is 1. The van der Waals surface area contributed by atoms with Crippen molar-refractivity contribution in [1.29, 1.82) is 0 Å². The highest BCUT2D eigenvalue weighted by molar-refractivity contribution is 7.09. The standard InChI is InChI=1S/C12H20N2O3S/c1-4-17-10(15)9-16-7-5-14-12(2,3)11-13-6-8-18-11/h6,8,14H,4-5,7,9H2,1-3H3. The maximum Gasteiger partial charge on any atom is 0.332 e. The van der Waals surface area contributed by atoms with Crippen LogP contribution in [-0.4, -0.2) is 37.3 Å². The number of thiazole rings is 1. The van der Waals surface area contributed by atoms with Crippen molar-refractivity contribution in [2.75, 3.05) is 26.4 Å². The molecule has 0 atom stereocenters. The lowest BCUT2D eigenvalue weighted by atomic mass is 10.1. The monoisotopic (exact) mass is 272 g/mol. The van der Waals surface area contributed by atoms with Gasteiger partial charge in [-0.15, -0.1) is 11.3 Å². The molecule has 5 nitrogen and oxygen atoms in total. The fourth-order valence-electron chi connectivity index (χ4n) is 1.40. The zero-order valence-corrected chi connectivity index (χ0v) is 11.9. The summed E-state index contributed by atoms with van der Waals surface area (Å²) in [5.41, 5.74) is -0.179. The van der Waals surface area contributed by atoms with Gasteiger partial charge in [0.25, 0.3) is 0 Å². The minimum absolute atomic E-state index is 0.00714. The minimum atomic E-state index is -0.323. The van der Waals surface area contributed by atoms with Crippen LogP contribution in [-0.2, 0) is 19.8 Å². The Morgan fingerprint density at radius 2 is 2.33 bits per heavy atom. The summed E-state index contributed by atoms with van der Waals surface area (Å²) in [6.07, 6.45) is 1.79. The number of hydrogen-bond acceptors (Lipinski definition) is 6. The molecule has 1 N–H and O–H groups in total. The van der Waals surface area contributed by atoms with Gasteiger partial charge >= 0.3 is 5.97 Å².